The van der Waals surface area contributed by atoms with Crippen LogP contribution >= 0.6 is 34.8 Å². The van der Waals surface area contributed by atoms with Gasteiger partial charge in [0.15, 0.2) is 0 Å². The number of halogens is 3. The Morgan fingerprint density at radius 2 is 2.18 bits per heavy atom. The molecule has 1 aromatic rings. The molecule has 1 unspecified atom stereocenters. The first-order valence-electron chi connectivity index (χ1n) is 4.91. The molecule has 17 heavy (non-hydrogen) atoms. The minimum atomic E-state index is -0.710. The van der Waals surface area contributed by atoms with Gasteiger partial charge < -0.3 is 10.1 Å². The van der Waals surface area contributed by atoms with Crippen LogP contribution in [-0.4, -0.2) is 25.0 Å². The van der Waals surface area contributed by atoms with Crippen LogP contribution in [0.15, 0.2) is 18.2 Å². The fourth-order valence-corrected chi connectivity index (χ4v) is 1.81. The summed E-state index contributed by atoms with van der Waals surface area (Å²) in [6.45, 7) is 0.788. The fraction of sp³-hybridized carbons (Fsp3) is 0.364. The number of methoxy groups -OCH3 is 1. The van der Waals surface area contributed by atoms with Crippen LogP contribution in [0.2, 0.25) is 10.0 Å². The SMILES string of the molecule is COC(=O)C(Cl)CNCc1cccc(Cl)c1Cl. The first kappa shape index (κ1) is 14.6. The van der Waals surface area contributed by atoms with E-state index < -0.39 is 11.3 Å². The molecule has 1 aromatic carbocycles. The molecule has 0 fully saturated rings. The van der Waals surface area contributed by atoms with Crippen LogP contribution in [-0.2, 0) is 16.1 Å². The second kappa shape index (κ2) is 7.07. The Kier molecular flexibility index (Phi) is 6.06. The summed E-state index contributed by atoms with van der Waals surface area (Å²) in [7, 11) is 1.30. The van der Waals surface area contributed by atoms with Gasteiger partial charge in [-0.3, -0.25) is 4.79 Å². The zero-order valence-electron chi connectivity index (χ0n) is 9.17. The van der Waals surface area contributed by atoms with Crippen LogP contribution in [0, 0.1) is 0 Å². The molecule has 94 valence electrons. The van der Waals surface area contributed by atoms with Crippen molar-refractivity contribution >= 4 is 40.8 Å². The molecule has 0 saturated carbocycles. The number of carbonyl (C=O) groups is 1. The molecule has 1 rings (SSSR count). The van der Waals surface area contributed by atoms with Crippen molar-refractivity contribution in [1.82, 2.24) is 5.32 Å². The molecule has 0 radical (unpaired) electrons. The highest BCUT2D eigenvalue weighted by Crippen LogP contribution is 2.25. The Balaban J connectivity index is 2.46. The van der Waals surface area contributed by atoms with Crippen LogP contribution in [0.4, 0.5) is 0 Å². The van der Waals surface area contributed by atoms with E-state index >= 15 is 0 Å². The van der Waals surface area contributed by atoms with E-state index in [0.29, 0.717) is 23.1 Å². The number of carbonyl (C=O) groups excluding carboxylic acids is 1. The van der Waals surface area contributed by atoms with Gasteiger partial charge in [0.1, 0.15) is 5.38 Å². The Labute approximate surface area is 115 Å². The van der Waals surface area contributed by atoms with Gasteiger partial charge in [-0.05, 0) is 11.6 Å². The number of rotatable bonds is 5. The van der Waals surface area contributed by atoms with Crippen molar-refractivity contribution < 1.29 is 9.53 Å². The third kappa shape index (κ3) is 4.36. The fourth-order valence-electron chi connectivity index (χ4n) is 1.23. The topological polar surface area (TPSA) is 38.3 Å². The van der Waals surface area contributed by atoms with Crippen molar-refractivity contribution in [3.8, 4) is 0 Å². The Morgan fingerprint density at radius 3 is 2.82 bits per heavy atom. The average molecular weight is 297 g/mol. The maximum absolute atomic E-state index is 11.0. The van der Waals surface area contributed by atoms with Crippen LogP contribution < -0.4 is 5.32 Å². The molecule has 0 aliphatic rings. The van der Waals surface area contributed by atoms with Gasteiger partial charge in [0.2, 0.25) is 0 Å². The zero-order chi connectivity index (χ0) is 12.8. The van der Waals surface area contributed by atoms with E-state index in [1.165, 1.54) is 7.11 Å². The lowest BCUT2D eigenvalue weighted by molar-refractivity contribution is -0.140. The maximum atomic E-state index is 11.0. The normalized spacial score (nSPS) is 12.2. The third-order valence-electron chi connectivity index (χ3n) is 2.13. The van der Waals surface area contributed by atoms with Crippen molar-refractivity contribution in [2.75, 3.05) is 13.7 Å². The summed E-state index contributed by atoms with van der Waals surface area (Å²) < 4.78 is 4.50. The lowest BCUT2D eigenvalue weighted by atomic mass is 10.2. The third-order valence-corrected chi connectivity index (χ3v) is 3.32. The smallest absolute Gasteiger partial charge is 0.325 e. The van der Waals surface area contributed by atoms with E-state index in [-0.39, 0.29) is 0 Å². The average Bonchev–Trinajstić information content (AvgIpc) is 2.33. The molecule has 0 aromatic heterocycles. The van der Waals surface area contributed by atoms with Gasteiger partial charge in [0.05, 0.1) is 17.2 Å². The number of nitrogens with one attached hydrogen (secondary N) is 1. The summed E-state index contributed by atoms with van der Waals surface area (Å²) in [6.07, 6.45) is 0. The number of alkyl halides is 1. The van der Waals surface area contributed by atoms with Gasteiger partial charge in [0, 0.05) is 13.1 Å². The van der Waals surface area contributed by atoms with Gasteiger partial charge in [-0.15, -0.1) is 11.6 Å². The second-order valence-electron chi connectivity index (χ2n) is 3.33. The van der Waals surface area contributed by atoms with Crippen LogP contribution in [0.25, 0.3) is 0 Å². The van der Waals surface area contributed by atoms with Crippen LogP contribution in [0.5, 0.6) is 0 Å². The molecule has 6 heteroatoms. The molecular formula is C11H12Cl3NO2. The van der Waals surface area contributed by atoms with Gasteiger partial charge in [-0.25, -0.2) is 0 Å². The Morgan fingerprint density at radius 1 is 1.47 bits per heavy atom. The first-order chi connectivity index (χ1) is 8.06. The summed E-state index contributed by atoms with van der Waals surface area (Å²) in [6, 6.07) is 5.37. The molecule has 1 atom stereocenters. The summed E-state index contributed by atoms with van der Waals surface area (Å²) >= 11 is 17.6. The molecule has 0 bridgehead atoms. The van der Waals surface area contributed by atoms with E-state index in [0.717, 1.165) is 5.56 Å². The van der Waals surface area contributed by atoms with Crippen LogP contribution in [0.1, 0.15) is 5.56 Å². The van der Waals surface area contributed by atoms with E-state index in [9.17, 15) is 4.79 Å². The van der Waals surface area contributed by atoms with Gasteiger partial charge in [-0.2, -0.15) is 0 Å². The molecule has 1 N–H and O–H groups in total. The standard InChI is InChI=1S/C11H12Cl3NO2/c1-17-11(16)9(13)6-15-5-7-3-2-4-8(12)10(7)14/h2-4,9,15H,5-6H2,1H3. The van der Waals surface area contributed by atoms with Crippen molar-refractivity contribution in [3.05, 3.63) is 33.8 Å². The minimum Gasteiger partial charge on any atom is -0.468 e. The lowest BCUT2D eigenvalue weighted by Crippen LogP contribution is -2.29. The molecule has 0 aliphatic carbocycles. The molecule has 0 aliphatic heterocycles. The predicted molar refractivity (Wildman–Crippen MR) is 69.8 cm³/mol. The van der Waals surface area contributed by atoms with Gasteiger partial charge >= 0.3 is 5.97 Å². The van der Waals surface area contributed by atoms with Crippen molar-refractivity contribution in [2.24, 2.45) is 0 Å². The molecule has 3 nitrogen and oxygen atoms in total. The molecular weight excluding hydrogens is 284 g/mol. The summed E-state index contributed by atoms with van der Waals surface area (Å²) in [5, 5.41) is 3.31. The van der Waals surface area contributed by atoms with E-state index in [4.69, 9.17) is 34.8 Å². The number of benzene rings is 1. The van der Waals surface area contributed by atoms with Crippen molar-refractivity contribution in [3.63, 3.8) is 0 Å². The van der Waals surface area contributed by atoms with Crippen molar-refractivity contribution in [2.45, 2.75) is 11.9 Å². The zero-order valence-corrected chi connectivity index (χ0v) is 11.4. The number of hydrogen-bond donors (Lipinski definition) is 1. The van der Waals surface area contributed by atoms with Crippen LogP contribution in [0.3, 0.4) is 0 Å². The largest absolute Gasteiger partial charge is 0.468 e. The monoisotopic (exact) mass is 295 g/mol. The summed E-state index contributed by atoms with van der Waals surface area (Å²) in [4.78, 5) is 11.0. The highest BCUT2D eigenvalue weighted by molar-refractivity contribution is 6.42. The Bertz CT molecular complexity index is 398. The highest BCUT2D eigenvalue weighted by Gasteiger charge is 2.15. The lowest BCUT2D eigenvalue weighted by Gasteiger charge is -2.10. The van der Waals surface area contributed by atoms with E-state index in [2.05, 4.69) is 10.1 Å². The highest BCUT2D eigenvalue weighted by atomic mass is 35.5. The molecule has 0 saturated heterocycles. The molecule has 0 amide bonds. The predicted octanol–water partition coefficient (Wildman–Crippen LogP) is 2.86. The second-order valence-corrected chi connectivity index (χ2v) is 4.65. The number of ether oxygens (including phenoxy) is 1. The first-order valence-corrected chi connectivity index (χ1v) is 6.11. The Hall–Kier alpha value is -0.480. The number of esters is 1. The summed E-state index contributed by atoms with van der Waals surface area (Å²) in [5.74, 6) is -0.462. The van der Waals surface area contributed by atoms with E-state index in [1.54, 1.807) is 6.07 Å². The van der Waals surface area contributed by atoms with Gasteiger partial charge in [0.25, 0.3) is 0 Å². The van der Waals surface area contributed by atoms with Gasteiger partial charge in [-0.1, -0.05) is 35.3 Å². The van der Waals surface area contributed by atoms with E-state index in [1.807, 2.05) is 12.1 Å². The quantitative estimate of drug-likeness (QED) is 0.671. The number of hydrogen-bond acceptors (Lipinski definition) is 3. The minimum absolute atomic E-state index is 0.303. The maximum Gasteiger partial charge on any atom is 0.325 e. The van der Waals surface area contributed by atoms with Crippen molar-refractivity contribution in [1.29, 1.82) is 0 Å². The molecule has 0 spiro atoms. The summed E-state index contributed by atoms with van der Waals surface area (Å²) in [5.41, 5.74) is 0.855. The molecule has 0 heterocycles.